The van der Waals surface area contributed by atoms with Gasteiger partial charge in [-0.05, 0) is 24.3 Å². The minimum atomic E-state index is -1.05. The van der Waals surface area contributed by atoms with Gasteiger partial charge in [-0.3, -0.25) is 14.6 Å². The lowest BCUT2D eigenvalue weighted by molar-refractivity contribution is -0.155. The number of nitrogens with one attached hydrogen (secondary N) is 2. The number of carbonyl (C=O) groups excluding carboxylic acids is 2. The number of carboxylic acid groups (broad SMARTS) is 1. The minimum absolute atomic E-state index is 0.187. The van der Waals surface area contributed by atoms with Crippen molar-refractivity contribution in [3.63, 3.8) is 0 Å². The zero-order chi connectivity index (χ0) is 20.4. The summed E-state index contributed by atoms with van der Waals surface area (Å²) in [6.07, 6.45) is 6.24. The van der Waals surface area contributed by atoms with E-state index in [0.717, 1.165) is 5.39 Å². The maximum atomic E-state index is 13.2. The van der Waals surface area contributed by atoms with E-state index in [1.54, 1.807) is 6.20 Å². The number of fused-ring (bicyclic) bond motifs is 2. The topological polar surface area (TPSA) is 112 Å². The number of amides is 2. The Hall–Kier alpha value is -3.26. The molecule has 2 aliphatic heterocycles. The number of rotatable bonds is 3. The van der Waals surface area contributed by atoms with Crippen LogP contribution in [0.3, 0.4) is 0 Å². The van der Waals surface area contributed by atoms with Crippen LogP contribution in [0.15, 0.2) is 48.7 Å². The SMILES string of the molecule is O=C(N[C@H]1CC=CC[C@H]2CNC[C@@H](C(=O)O)N2C1=O)c1nccc2ccccc12. The molecule has 0 spiro atoms. The average molecular weight is 394 g/mol. The van der Waals surface area contributed by atoms with Crippen molar-refractivity contribution in [2.24, 2.45) is 0 Å². The van der Waals surface area contributed by atoms with Crippen molar-refractivity contribution in [3.8, 4) is 0 Å². The predicted octanol–water partition coefficient (Wildman–Crippen LogP) is 0.937. The molecule has 1 fully saturated rings. The van der Waals surface area contributed by atoms with E-state index in [0.29, 0.717) is 24.8 Å². The number of hydrogen-bond donors (Lipinski definition) is 3. The molecule has 8 nitrogen and oxygen atoms in total. The highest BCUT2D eigenvalue weighted by Gasteiger charge is 2.41. The van der Waals surface area contributed by atoms with E-state index in [1.165, 1.54) is 4.90 Å². The smallest absolute Gasteiger partial charge is 0.327 e. The van der Waals surface area contributed by atoms with Crippen LogP contribution >= 0.6 is 0 Å². The first kappa shape index (κ1) is 19.1. The minimum Gasteiger partial charge on any atom is -0.480 e. The molecule has 0 unspecified atom stereocenters. The van der Waals surface area contributed by atoms with Crippen LogP contribution in [-0.2, 0) is 9.59 Å². The average Bonchev–Trinajstić information content (AvgIpc) is 2.73. The Labute approximate surface area is 167 Å². The van der Waals surface area contributed by atoms with E-state index >= 15 is 0 Å². The Balaban J connectivity index is 1.62. The Kier molecular flexibility index (Phi) is 5.26. The summed E-state index contributed by atoms with van der Waals surface area (Å²) in [5.74, 6) is -1.88. The normalized spacial score (nSPS) is 24.5. The third-order valence-electron chi connectivity index (χ3n) is 5.43. The first-order valence-electron chi connectivity index (χ1n) is 9.61. The van der Waals surface area contributed by atoms with E-state index < -0.39 is 24.0 Å². The number of hydrogen-bond acceptors (Lipinski definition) is 5. The molecule has 150 valence electrons. The van der Waals surface area contributed by atoms with Crippen molar-refractivity contribution in [2.75, 3.05) is 13.1 Å². The van der Waals surface area contributed by atoms with E-state index in [2.05, 4.69) is 15.6 Å². The summed E-state index contributed by atoms with van der Waals surface area (Å²) < 4.78 is 0. The summed E-state index contributed by atoms with van der Waals surface area (Å²) in [7, 11) is 0. The number of carboxylic acids is 1. The maximum absolute atomic E-state index is 13.2. The third-order valence-corrected chi connectivity index (χ3v) is 5.43. The zero-order valence-corrected chi connectivity index (χ0v) is 15.7. The summed E-state index contributed by atoms with van der Waals surface area (Å²) in [6.45, 7) is 0.707. The molecule has 2 aliphatic rings. The second-order valence-corrected chi connectivity index (χ2v) is 7.26. The molecule has 8 heteroatoms. The van der Waals surface area contributed by atoms with Crippen LogP contribution in [0.1, 0.15) is 23.3 Å². The van der Waals surface area contributed by atoms with Gasteiger partial charge in [-0.2, -0.15) is 0 Å². The lowest BCUT2D eigenvalue weighted by atomic mass is 9.98. The molecule has 1 saturated heterocycles. The van der Waals surface area contributed by atoms with Gasteiger partial charge in [-0.25, -0.2) is 4.79 Å². The summed E-state index contributed by atoms with van der Waals surface area (Å²) in [6, 6.07) is 7.16. The van der Waals surface area contributed by atoms with Gasteiger partial charge in [0.05, 0.1) is 0 Å². The maximum Gasteiger partial charge on any atom is 0.327 e. The van der Waals surface area contributed by atoms with Gasteiger partial charge in [0.25, 0.3) is 5.91 Å². The van der Waals surface area contributed by atoms with Crippen molar-refractivity contribution in [1.29, 1.82) is 0 Å². The number of aliphatic carboxylic acids is 1. The van der Waals surface area contributed by atoms with Crippen LogP contribution in [0.4, 0.5) is 0 Å². The largest absolute Gasteiger partial charge is 0.480 e. The van der Waals surface area contributed by atoms with Crippen LogP contribution in [0.2, 0.25) is 0 Å². The molecule has 1 aromatic carbocycles. The lowest BCUT2D eigenvalue weighted by Crippen LogP contribution is -2.65. The van der Waals surface area contributed by atoms with Crippen LogP contribution in [0, 0.1) is 0 Å². The molecule has 3 N–H and O–H groups in total. The number of aromatic nitrogens is 1. The lowest BCUT2D eigenvalue weighted by Gasteiger charge is -2.42. The molecule has 4 rings (SSSR count). The van der Waals surface area contributed by atoms with Crippen molar-refractivity contribution in [1.82, 2.24) is 20.5 Å². The Morgan fingerprint density at radius 1 is 1.14 bits per heavy atom. The molecule has 2 amide bonds. The Bertz CT molecular complexity index is 984. The standard InChI is InChI=1S/C21H22N4O4/c26-19(18-15-7-3-1-5-13(15)9-10-23-18)24-16-8-4-2-6-14-11-22-12-17(21(28)29)25(14)20(16)27/h1-5,7,9-10,14,16-17,22H,6,8,11-12H2,(H,24,26)(H,28,29)/t14-,16-,17-/m0/s1. The van der Waals surface area contributed by atoms with Gasteiger partial charge >= 0.3 is 5.97 Å². The molecule has 0 aliphatic carbocycles. The highest BCUT2D eigenvalue weighted by Crippen LogP contribution is 2.21. The van der Waals surface area contributed by atoms with E-state index in [9.17, 15) is 19.5 Å². The van der Waals surface area contributed by atoms with E-state index in [1.807, 2.05) is 42.5 Å². The van der Waals surface area contributed by atoms with Crippen LogP contribution < -0.4 is 10.6 Å². The van der Waals surface area contributed by atoms with Gasteiger partial charge in [-0.1, -0.05) is 36.4 Å². The number of pyridine rings is 1. The molecular weight excluding hydrogens is 372 g/mol. The quantitative estimate of drug-likeness (QED) is 0.668. The highest BCUT2D eigenvalue weighted by atomic mass is 16.4. The van der Waals surface area contributed by atoms with Crippen LogP contribution in [-0.4, -0.2) is 64.0 Å². The van der Waals surface area contributed by atoms with Gasteiger partial charge in [-0.15, -0.1) is 0 Å². The number of benzene rings is 1. The van der Waals surface area contributed by atoms with Crippen molar-refractivity contribution in [3.05, 3.63) is 54.4 Å². The Morgan fingerprint density at radius 3 is 2.76 bits per heavy atom. The zero-order valence-electron chi connectivity index (χ0n) is 15.7. The number of carbonyl (C=O) groups is 3. The molecule has 1 aromatic heterocycles. The fraction of sp³-hybridized carbons (Fsp3) is 0.333. The van der Waals surface area contributed by atoms with Gasteiger partial charge in [0.15, 0.2) is 0 Å². The van der Waals surface area contributed by atoms with Gasteiger partial charge in [0.2, 0.25) is 5.91 Å². The molecule has 0 radical (unpaired) electrons. The van der Waals surface area contributed by atoms with Crippen LogP contribution in [0.25, 0.3) is 10.8 Å². The molecule has 3 atom stereocenters. The van der Waals surface area contributed by atoms with E-state index in [-0.39, 0.29) is 24.2 Å². The van der Waals surface area contributed by atoms with Gasteiger partial charge in [0, 0.05) is 30.7 Å². The van der Waals surface area contributed by atoms with Gasteiger partial charge < -0.3 is 20.6 Å². The van der Waals surface area contributed by atoms with Crippen LogP contribution in [0.5, 0.6) is 0 Å². The fourth-order valence-electron chi connectivity index (χ4n) is 3.99. The summed E-state index contributed by atoms with van der Waals surface area (Å²) in [5, 5.41) is 17.0. The monoisotopic (exact) mass is 394 g/mol. The first-order valence-corrected chi connectivity index (χ1v) is 9.61. The second kappa shape index (κ2) is 8.00. The summed E-state index contributed by atoms with van der Waals surface area (Å²) in [5.41, 5.74) is 0.244. The van der Waals surface area contributed by atoms with E-state index in [4.69, 9.17) is 0 Å². The number of piperazine rings is 1. The fourth-order valence-corrected chi connectivity index (χ4v) is 3.99. The molecular formula is C21H22N4O4. The predicted molar refractivity (Wildman–Crippen MR) is 106 cm³/mol. The molecule has 0 saturated carbocycles. The second-order valence-electron chi connectivity index (χ2n) is 7.26. The molecule has 29 heavy (non-hydrogen) atoms. The molecule has 3 heterocycles. The summed E-state index contributed by atoms with van der Waals surface area (Å²) in [4.78, 5) is 43.5. The van der Waals surface area contributed by atoms with Gasteiger partial charge in [0.1, 0.15) is 17.8 Å². The first-order chi connectivity index (χ1) is 14.1. The molecule has 2 aromatic rings. The third kappa shape index (κ3) is 3.71. The highest BCUT2D eigenvalue weighted by molar-refractivity contribution is 6.06. The van der Waals surface area contributed by atoms with Crippen molar-refractivity contribution < 1.29 is 19.5 Å². The number of nitrogens with zero attached hydrogens (tertiary/aromatic N) is 2. The van der Waals surface area contributed by atoms with Crippen molar-refractivity contribution >= 4 is 28.6 Å². The molecule has 0 bridgehead atoms. The Morgan fingerprint density at radius 2 is 1.93 bits per heavy atom. The van der Waals surface area contributed by atoms with Crippen molar-refractivity contribution in [2.45, 2.75) is 31.0 Å². The summed E-state index contributed by atoms with van der Waals surface area (Å²) >= 11 is 0.